The lowest BCUT2D eigenvalue weighted by Crippen LogP contribution is -2.37. The van der Waals surface area contributed by atoms with Crippen LogP contribution in [0.3, 0.4) is 0 Å². The van der Waals surface area contributed by atoms with E-state index in [1.165, 1.54) is 0 Å². The van der Waals surface area contributed by atoms with Crippen molar-refractivity contribution in [1.29, 1.82) is 0 Å². The van der Waals surface area contributed by atoms with Gasteiger partial charge in [0, 0.05) is 30.8 Å². The second-order valence-electron chi connectivity index (χ2n) is 5.86. The summed E-state index contributed by atoms with van der Waals surface area (Å²) >= 11 is 1.58. The van der Waals surface area contributed by atoms with Crippen molar-refractivity contribution in [3.8, 4) is 0 Å². The van der Waals surface area contributed by atoms with Crippen molar-refractivity contribution in [2.24, 2.45) is 5.41 Å². The molecule has 1 heterocycles. The number of aromatic nitrogens is 1. The zero-order chi connectivity index (χ0) is 15.3. The van der Waals surface area contributed by atoms with Crippen LogP contribution in [0.25, 0.3) is 0 Å². The molecule has 0 saturated heterocycles. The van der Waals surface area contributed by atoms with Gasteiger partial charge in [-0.05, 0) is 6.92 Å². The molecule has 1 aromatic heterocycles. The van der Waals surface area contributed by atoms with E-state index in [2.05, 4.69) is 10.3 Å². The van der Waals surface area contributed by atoms with Gasteiger partial charge in [0.05, 0.1) is 17.2 Å². The van der Waals surface area contributed by atoms with Crippen LogP contribution in [0, 0.1) is 12.3 Å². The molecule has 112 valence electrons. The zero-order valence-electron chi connectivity index (χ0n) is 12.8. The third kappa shape index (κ3) is 5.28. The third-order valence-electron chi connectivity index (χ3n) is 2.80. The number of nitrogens with one attached hydrogen (secondary N) is 1. The van der Waals surface area contributed by atoms with E-state index in [4.69, 9.17) is 0 Å². The van der Waals surface area contributed by atoms with E-state index in [0.29, 0.717) is 19.5 Å². The van der Waals surface area contributed by atoms with Crippen LogP contribution in [0.2, 0.25) is 0 Å². The van der Waals surface area contributed by atoms with Gasteiger partial charge in [-0.1, -0.05) is 20.8 Å². The fourth-order valence-corrected chi connectivity index (χ4v) is 2.15. The molecule has 1 rings (SSSR count). The van der Waals surface area contributed by atoms with E-state index in [0.717, 1.165) is 10.7 Å². The van der Waals surface area contributed by atoms with Crippen LogP contribution in [0.1, 0.15) is 37.9 Å². The molecule has 6 heteroatoms. The lowest BCUT2D eigenvalue weighted by molar-refractivity contribution is -0.131. The van der Waals surface area contributed by atoms with Gasteiger partial charge in [-0.3, -0.25) is 9.59 Å². The maximum atomic E-state index is 11.9. The zero-order valence-corrected chi connectivity index (χ0v) is 13.6. The van der Waals surface area contributed by atoms with Crippen LogP contribution in [-0.4, -0.2) is 35.3 Å². The summed E-state index contributed by atoms with van der Waals surface area (Å²) in [5.74, 6) is -0.0343. The molecule has 0 atom stereocenters. The maximum absolute atomic E-state index is 11.9. The highest BCUT2D eigenvalue weighted by Gasteiger charge is 2.21. The van der Waals surface area contributed by atoms with Crippen LogP contribution in [-0.2, 0) is 16.1 Å². The molecule has 0 bridgehead atoms. The Morgan fingerprint density at radius 2 is 2.05 bits per heavy atom. The van der Waals surface area contributed by atoms with Crippen molar-refractivity contribution >= 4 is 23.2 Å². The van der Waals surface area contributed by atoms with Gasteiger partial charge in [0.25, 0.3) is 0 Å². The number of rotatable bonds is 5. The highest BCUT2D eigenvalue weighted by Crippen LogP contribution is 2.12. The number of thiazole rings is 1. The van der Waals surface area contributed by atoms with E-state index in [1.807, 2.05) is 33.1 Å². The molecule has 2 amide bonds. The molecule has 0 unspecified atom stereocenters. The van der Waals surface area contributed by atoms with Crippen molar-refractivity contribution in [3.63, 3.8) is 0 Å². The molecular weight excluding hydrogens is 274 g/mol. The fraction of sp³-hybridized carbons (Fsp3) is 0.643. The van der Waals surface area contributed by atoms with E-state index >= 15 is 0 Å². The highest BCUT2D eigenvalue weighted by atomic mass is 32.1. The molecule has 0 aromatic carbocycles. The van der Waals surface area contributed by atoms with Crippen LogP contribution in [0.4, 0.5) is 0 Å². The second kappa shape index (κ2) is 6.83. The lowest BCUT2D eigenvalue weighted by Gasteiger charge is -2.19. The van der Waals surface area contributed by atoms with Crippen molar-refractivity contribution in [2.45, 2.75) is 40.7 Å². The summed E-state index contributed by atoms with van der Waals surface area (Å²) in [4.78, 5) is 29.6. The largest absolute Gasteiger partial charge is 0.355 e. The fourth-order valence-electron chi connectivity index (χ4n) is 1.55. The summed E-state index contributed by atoms with van der Waals surface area (Å²) < 4.78 is 0. The molecule has 0 aliphatic heterocycles. The molecule has 0 spiro atoms. The number of amides is 2. The predicted octanol–water partition coefficient (Wildman–Crippen LogP) is 1.96. The lowest BCUT2D eigenvalue weighted by atomic mass is 9.96. The van der Waals surface area contributed by atoms with Gasteiger partial charge in [0.15, 0.2) is 0 Å². The molecule has 0 saturated carbocycles. The van der Waals surface area contributed by atoms with E-state index in [-0.39, 0.29) is 11.8 Å². The van der Waals surface area contributed by atoms with Crippen LogP contribution in [0.5, 0.6) is 0 Å². The van der Waals surface area contributed by atoms with Gasteiger partial charge in [-0.15, -0.1) is 11.3 Å². The average Bonchev–Trinajstić information content (AvgIpc) is 2.73. The topological polar surface area (TPSA) is 62.3 Å². The van der Waals surface area contributed by atoms with Gasteiger partial charge in [-0.25, -0.2) is 4.98 Å². The highest BCUT2D eigenvalue weighted by molar-refractivity contribution is 7.09. The first kappa shape index (κ1) is 16.6. The summed E-state index contributed by atoms with van der Waals surface area (Å²) in [6, 6.07) is 0. The molecule has 1 N–H and O–H groups in total. The first-order valence-electron chi connectivity index (χ1n) is 6.63. The van der Waals surface area contributed by atoms with Gasteiger partial charge >= 0.3 is 0 Å². The number of carbonyl (C=O) groups is 2. The Morgan fingerprint density at radius 3 is 2.55 bits per heavy atom. The molecule has 20 heavy (non-hydrogen) atoms. The normalized spacial score (nSPS) is 11.2. The van der Waals surface area contributed by atoms with Crippen LogP contribution >= 0.6 is 11.3 Å². The minimum atomic E-state index is -0.424. The monoisotopic (exact) mass is 297 g/mol. The van der Waals surface area contributed by atoms with E-state index < -0.39 is 5.41 Å². The summed E-state index contributed by atoms with van der Waals surface area (Å²) in [5.41, 5.74) is 0.481. The molecule has 0 aliphatic carbocycles. The third-order valence-corrected chi connectivity index (χ3v) is 3.62. The number of aryl methyl sites for hydroxylation is 1. The standard InChI is InChI=1S/C14H23N3O2S/c1-10-16-11(9-20-10)8-17(5)12(18)6-7-15-13(19)14(2,3)4/h9H,6-8H2,1-5H3,(H,15,19). The maximum Gasteiger partial charge on any atom is 0.225 e. The molecule has 0 radical (unpaired) electrons. The SMILES string of the molecule is Cc1nc(CN(C)C(=O)CCNC(=O)C(C)(C)C)cs1. The summed E-state index contributed by atoms with van der Waals surface area (Å²) in [6.45, 7) is 8.37. The van der Waals surface area contributed by atoms with Gasteiger partial charge in [-0.2, -0.15) is 0 Å². The smallest absolute Gasteiger partial charge is 0.225 e. The first-order valence-corrected chi connectivity index (χ1v) is 7.51. The Balaban J connectivity index is 2.34. The van der Waals surface area contributed by atoms with Crippen molar-refractivity contribution < 1.29 is 9.59 Å². The minimum Gasteiger partial charge on any atom is -0.355 e. The quantitative estimate of drug-likeness (QED) is 0.903. The molecule has 0 aliphatic rings. The molecule has 1 aromatic rings. The van der Waals surface area contributed by atoms with E-state index in [9.17, 15) is 9.59 Å². The number of hydrogen-bond donors (Lipinski definition) is 1. The van der Waals surface area contributed by atoms with Gasteiger partial charge in [0.1, 0.15) is 0 Å². The van der Waals surface area contributed by atoms with Crippen LogP contribution in [0.15, 0.2) is 5.38 Å². The number of hydrogen-bond acceptors (Lipinski definition) is 4. The summed E-state index contributed by atoms with van der Waals surface area (Å²) in [6.07, 6.45) is 0.307. The van der Waals surface area contributed by atoms with Gasteiger partial charge < -0.3 is 10.2 Å². The van der Waals surface area contributed by atoms with Crippen molar-refractivity contribution in [1.82, 2.24) is 15.2 Å². The number of carbonyl (C=O) groups excluding carboxylic acids is 2. The predicted molar refractivity (Wildman–Crippen MR) is 80.4 cm³/mol. The molecule has 5 nitrogen and oxygen atoms in total. The Kier molecular flexibility index (Phi) is 5.68. The van der Waals surface area contributed by atoms with Crippen LogP contribution < -0.4 is 5.32 Å². The Labute approximate surface area is 124 Å². The Morgan fingerprint density at radius 1 is 1.40 bits per heavy atom. The average molecular weight is 297 g/mol. The number of nitrogens with zero attached hydrogens (tertiary/aromatic N) is 2. The van der Waals surface area contributed by atoms with Gasteiger partial charge in [0.2, 0.25) is 11.8 Å². The molecule has 0 fully saturated rings. The second-order valence-corrected chi connectivity index (χ2v) is 6.93. The molecular formula is C14H23N3O2S. The van der Waals surface area contributed by atoms with Crippen molar-refractivity contribution in [3.05, 3.63) is 16.1 Å². The summed E-state index contributed by atoms with van der Waals surface area (Å²) in [5, 5.41) is 5.73. The van der Waals surface area contributed by atoms with E-state index in [1.54, 1.807) is 23.3 Å². The Bertz CT molecular complexity index is 477. The first-order chi connectivity index (χ1) is 9.20. The van der Waals surface area contributed by atoms with Crippen molar-refractivity contribution in [2.75, 3.05) is 13.6 Å². The minimum absolute atomic E-state index is 0.00450. The summed E-state index contributed by atoms with van der Waals surface area (Å²) in [7, 11) is 1.75. The Hall–Kier alpha value is -1.43.